The zero-order valence-corrected chi connectivity index (χ0v) is 11.4. The Morgan fingerprint density at radius 3 is 2.11 bits per heavy atom. The molecule has 0 fully saturated rings. The van der Waals surface area contributed by atoms with E-state index in [1.54, 1.807) is 0 Å². The maximum atomic E-state index is 5.88. The van der Waals surface area contributed by atoms with Crippen LogP contribution in [0.25, 0.3) is 0 Å². The van der Waals surface area contributed by atoms with E-state index in [0.717, 1.165) is 17.1 Å². The quantitative estimate of drug-likeness (QED) is 0.860. The molecule has 0 heterocycles. The fraction of sp³-hybridized carbons (Fsp3) is 0.250. The number of nitrogens with one attached hydrogen (secondary N) is 1. The molecule has 19 heavy (non-hydrogen) atoms. The highest BCUT2D eigenvalue weighted by Crippen LogP contribution is 2.20. The third kappa shape index (κ3) is 4.64. The van der Waals surface area contributed by atoms with Gasteiger partial charge in [0.1, 0.15) is 12.4 Å². The Balaban J connectivity index is 1.95. The first kappa shape index (κ1) is 13.4. The lowest BCUT2D eigenvalue weighted by Crippen LogP contribution is -2.38. The fourth-order valence-corrected chi connectivity index (χ4v) is 1.59. The van der Waals surface area contributed by atoms with Gasteiger partial charge in [0, 0.05) is 16.9 Å². The smallest absolute Gasteiger partial charge is 0.119 e. The van der Waals surface area contributed by atoms with Crippen molar-refractivity contribution in [1.29, 1.82) is 0 Å². The summed E-state index contributed by atoms with van der Waals surface area (Å²) in [6, 6.07) is 17.9. The molecule has 0 unspecified atom stereocenters. The average molecular weight is 256 g/mol. The van der Waals surface area contributed by atoms with Crippen molar-refractivity contribution >= 4 is 11.4 Å². The Morgan fingerprint density at radius 1 is 0.947 bits per heavy atom. The number of hydrogen-bond acceptors (Lipinski definition) is 3. The van der Waals surface area contributed by atoms with Gasteiger partial charge in [0.15, 0.2) is 0 Å². The number of ether oxygens (including phenoxy) is 1. The van der Waals surface area contributed by atoms with Crippen molar-refractivity contribution in [3.63, 3.8) is 0 Å². The summed E-state index contributed by atoms with van der Waals surface area (Å²) in [7, 11) is 0. The fourth-order valence-electron chi connectivity index (χ4n) is 1.59. The third-order valence-corrected chi connectivity index (χ3v) is 2.53. The molecule has 0 atom stereocenters. The van der Waals surface area contributed by atoms with E-state index in [2.05, 4.69) is 5.32 Å². The van der Waals surface area contributed by atoms with Gasteiger partial charge >= 0.3 is 0 Å². The predicted octanol–water partition coefficient (Wildman–Crippen LogP) is 3.55. The largest absolute Gasteiger partial charge is 0.492 e. The van der Waals surface area contributed by atoms with Gasteiger partial charge in [-0.15, -0.1) is 0 Å². The highest BCUT2D eigenvalue weighted by molar-refractivity contribution is 5.59. The molecule has 3 heteroatoms. The molecule has 3 nitrogen and oxygen atoms in total. The van der Waals surface area contributed by atoms with Crippen LogP contribution < -0.4 is 15.8 Å². The number of anilines is 2. The number of para-hydroxylation sites is 1. The van der Waals surface area contributed by atoms with Crippen LogP contribution in [0.4, 0.5) is 11.4 Å². The molecule has 0 aliphatic rings. The van der Waals surface area contributed by atoms with Crippen LogP contribution in [0.15, 0.2) is 54.6 Å². The van der Waals surface area contributed by atoms with Crippen LogP contribution in [0, 0.1) is 0 Å². The molecule has 0 aromatic heterocycles. The van der Waals surface area contributed by atoms with E-state index in [1.807, 2.05) is 68.4 Å². The summed E-state index contributed by atoms with van der Waals surface area (Å²) in [6.45, 7) is 4.38. The molecule has 0 bridgehead atoms. The Kier molecular flexibility index (Phi) is 4.07. The summed E-state index contributed by atoms with van der Waals surface area (Å²) in [5, 5.41) is 3.32. The zero-order chi connectivity index (χ0) is 13.7. The molecule has 100 valence electrons. The number of hydrogen-bond donors (Lipinski definition) is 2. The topological polar surface area (TPSA) is 47.3 Å². The van der Waals surface area contributed by atoms with Crippen molar-refractivity contribution in [3.8, 4) is 5.75 Å². The predicted molar refractivity (Wildman–Crippen MR) is 79.9 cm³/mol. The van der Waals surface area contributed by atoms with Crippen molar-refractivity contribution in [1.82, 2.24) is 0 Å². The summed E-state index contributed by atoms with van der Waals surface area (Å²) in [4.78, 5) is 0. The van der Waals surface area contributed by atoms with Crippen molar-refractivity contribution in [3.05, 3.63) is 54.6 Å². The van der Waals surface area contributed by atoms with Gasteiger partial charge in [-0.3, -0.25) is 0 Å². The molecule has 2 aromatic carbocycles. The first-order valence-corrected chi connectivity index (χ1v) is 6.37. The molecule has 0 amide bonds. The molecule has 0 aliphatic heterocycles. The number of nitrogens with two attached hydrogens (primary N) is 1. The maximum Gasteiger partial charge on any atom is 0.119 e. The molecule has 0 radical (unpaired) electrons. The van der Waals surface area contributed by atoms with E-state index in [1.165, 1.54) is 0 Å². The second-order valence-corrected chi connectivity index (χ2v) is 5.29. The Hall–Kier alpha value is -2.00. The highest BCUT2D eigenvalue weighted by Gasteiger charge is 2.11. The summed E-state index contributed by atoms with van der Waals surface area (Å²) < 4.78 is 5.62. The molecule has 0 saturated heterocycles. The van der Waals surface area contributed by atoms with Crippen LogP contribution >= 0.6 is 0 Å². The Bertz CT molecular complexity index is 501. The minimum absolute atomic E-state index is 0.318. The van der Waals surface area contributed by atoms with Crippen molar-refractivity contribution in [2.75, 3.05) is 11.9 Å². The molecule has 2 rings (SSSR count). The van der Waals surface area contributed by atoms with E-state index < -0.39 is 0 Å². The molecule has 3 N–H and O–H groups in total. The molecule has 0 spiro atoms. The standard InChI is InChI=1S/C16H20N2O/c1-16(2,17)12-19-15-10-8-14(9-11-15)18-13-6-4-3-5-7-13/h3-11,18H,12,17H2,1-2H3. The first-order chi connectivity index (χ1) is 9.03. The maximum absolute atomic E-state index is 5.88. The van der Waals surface area contributed by atoms with Gasteiger partial charge in [0.2, 0.25) is 0 Å². The molecular weight excluding hydrogens is 236 g/mol. The first-order valence-electron chi connectivity index (χ1n) is 6.37. The van der Waals surface area contributed by atoms with Crippen LogP contribution in [0.3, 0.4) is 0 Å². The lowest BCUT2D eigenvalue weighted by Gasteiger charge is -2.19. The minimum Gasteiger partial charge on any atom is -0.492 e. The van der Waals surface area contributed by atoms with Gasteiger partial charge in [0.25, 0.3) is 0 Å². The van der Waals surface area contributed by atoms with Gasteiger partial charge in [0.05, 0.1) is 0 Å². The lowest BCUT2D eigenvalue weighted by molar-refractivity contribution is 0.243. The second kappa shape index (κ2) is 5.76. The summed E-state index contributed by atoms with van der Waals surface area (Å²) >= 11 is 0. The van der Waals surface area contributed by atoms with Crippen LogP contribution in [-0.2, 0) is 0 Å². The normalized spacial score (nSPS) is 11.1. The average Bonchev–Trinajstić information content (AvgIpc) is 2.38. The third-order valence-electron chi connectivity index (χ3n) is 2.53. The van der Waals surface area contributed by atoms with Crippen LogP contribution in [0.5, 0.6) is 5.75 Å². The van der Waals surface area contributed by atoms with Crippen molar-refractivity contribution < 1.29 is 4.74 Å². The van der Waals surface area contributed by atoms with E-state index >= 15 is 0 Å². The molecule has 0 aliphatic carbocycles. The van der Waals surface area contributed by atoms with E-state index in [-0.39, 0.29) is 5.54 Å². The zero-order valence-electron chi connectivity index (χ0n) is 11.4. The number of rotatable bonds is 5. The molecule has 2 aromatic rings. The summed E-state index contributed by atoms with van der Waals surface area (Å²) in [5.41, 5.74) is 7.66. The van der Waals surface area contributed by atoms with Crippen LogP contribution in [0.2, 0.25) is 0 Å². The van der Waals surface area contributed by atoms with E-state index in [9.17, 15) is 0 Å². The molecule has 0 saturated carbocycles. The Labute approximate surface area is 114 Å². The minimum atomic E-state index is -0.318. The van der Waals surface area contributed by atoms with Gasteiger partial charge in [-0.25, -0.2) is 0 Å². The van der Waals surface area contributed by atoms with Gasteiger partial charge < -0.3 is 15.8 Å². The summed E-state index contributed by atoms with van der Waals surface area (Å²) in [6.07, 6.45) is 0. The van der Waals surface area contributed by atoms with Gasteiger partial charge in [-0.05, 0) is 50.2 Å². The Morgan fingerprint density at radius 2 is 1.53 bits per heavy atom. The molecular formula is C16H20N2O. The van der Waals surface area contributed by atoms with Gasteiger partial charge in [-0.1, -0.05) is 18.2 Å². The monoisotopic (exact) mass is 256 g/mol. The van der Waals surface area contributed by atoms with Gasteiger partial charge in [-0.2, -0.15) is 0 Å². The van der Waals surface area contributed by atoms with E-state index in [4.69, 9.17) is 10.5 Å². The lowest BCUT2D eigenvalue weighted by atomic mass is 10.1. The van der Waals surface area contributed by atoms with Crippen molar-refractivity contribution in [2.45, 2.75) is 19.4 Å². The number of benzene rings is 2. The van der Waals surface area contributed by atoms with Crippen LogP contribution in [-0.4, -0.2) is 12.1 Å². The van der Waals surface area contributed by atoms with E-state index in [0.29, 0.717) is 6.61 Å². The second-order valence-electron chi connectivity index (χ2n) is 5.29. The van der Waals surface area contributed by atoms with Crippen LogP contribution in [0.1, 0.15) is 13.8 Å². The highest BCUT2D eigenvalue weighted by atomic mass is 16.5. The SMILES string of the molecule is CC(C)(N)COc1ccc(Nc2ccccc2)cc1. The van der Waals surface area contributed by atoms with Crippen molar-refractivity contribution in [2.24, 2.45) is 5.73 Å². The summed E-state index contributed by atoms with van der Waals surface area (Å²) in [5.74, 6) is 0.831.